The van der Waals surface area contributed by atoms with Gasteiger partial charge in [0.15, 0.2) is 0 Å². The number of aryl methyl sites for hydroxylation is 1. The maximum absolute atomic E-state index is 13.5. The molecule has 3 aromatic rings. The zero-order chi connectivity index (χ0) is 26.7. The number of pyridine rings is 1. The van der Waals surface area contributed by atoms with Crippen LogP contribution in [-0.4, -0.2) is 74.6 Å². The van der Waals surface area contributed by atoms with Crippen molar-refractivity contribution >= 4 is 38.9 Å². The third kappa shape index (κ3) is 5.68. The van der Waals surface area contributed by atoms with Crippen LogP contribution >= 0.6 is 0 Å². The first kappa shape index (κ1) is 26.4. The second-order valence-electron chi connectivity index (χ2n) is 8.91. The molecular formula is C25H30FN5O5S. The highest BCUT2D eigenvalue weighted by Crippen LogP contribution is 2.35. The molecule has 0 radical (unpaired) electrons. The second kappa shape index (κ2) is 10.8. The Labute approximate surface area is 214 Å². The van der Waals surface area contributed by atoms with Gasteiger partial charge in [-0.3, -0.25) is 9.52 Å². The van der Waals surface area contributed by atoms with E-state index in [1.165, 1.54) is 31.3 Å². The number of halogens is 1. The number of benzene rings is 1. The molecule has 0 bridgehead atoms. The molecule has 1 saturated heterocycles. The number of likely N-dealkylation sites (N-methyl/N-ethyl adjacent to an activating group) is 1. The summed E-state index contributed by atoms with van der Waals surface area (Å²) in [5.74, 6) is -0.613. The van der Waals surface area contributed by atoms with E-state index in [0.29, 0.717) is 55.4 Å². The van der Waals surface area contributed by atoms with E-state index in [2.05, 4.69) is 15.0 Å². The number of urea groups is 1. The highest BCUT2D eigenvalue weighted by atomic mass is 32.2. The summed E-state index contributed by atoms with van der Waals surface area (Å²) in [5.41, 5.74) is 1.41. The number of anilines is 1. The van der Waals surface area contributed by atoms with Gasteiger partial charge in [0.25, 0.3) is 5.91 Å². The highest BCUT2D eigenvalue weighted by molar-refractivity contribution is 7.92. The summed E-state index contributed by atoms with van der Waals surface area (Å²) in [6.45, 7) is 3.67. The van der Waals surface area contributed by atoms with Crippen LogP contribution in [0.3, 0.4) is 0 Å². The predicted molar refractivity (Wildman–Crippen MR) is 138 cm³/mol. The van der Waals surface area contributed by atoms with Gasteiger partial charge in [-0.1, -0.05) is 6.92 Å². The largest absolute Gasteiger partial charge is 0.437 e. The van der Waals surface area contributed by atoms with Crippen LogP contribution in [0.4, 0.5) is 15.0 Å². The summed E-state index contributed by atoms with van der Waals surface area (Å²) in [5, 5.41) is 3.02. The number of fused-ring (bicyclic) bond motifs is 1. The van der Waals surface area contributed by atoms with Crippen molar-refractivity contribution in [2.75, 3.05) is 44.2 Å². The van der Waals surface area contributed by atoms with E-state index in [9.17, 15) is 22.4 Å². The summed E-state index contributed by atoms with van der Waals surface area (Å²) in [6.07, 6.45) is 1.39. The molecule has 3 amide bonds. The van der Waals surface area contributed by atoms with Gasteiger partial charge in [0.2, 0.25) is 15.7 Å². The lowest BCUT2D eigenvalue weighted by Gasteiger charge is -2.16. The Bertz CT molecular complexity index is 1420. The van der Waals surface area contributed by atoms with Crippen LogP contribution in [-0.2, 0) is 16.4 Å². The number of rotatable bonds is 10. The Hall–Kier alpha value is -3.67. The normalized spacial score (nSPS) is 14.0. The number of nitrogens with one attached hydrogen (secondary N) is 2. The Morgan fingerprint density at radius 1 is 1.19 bits per heavy atom. The monoisotopic (exact) mass is 531 g/mol. The molecule has 12 heteroatoms. The van der Waals surface area contributed by atoms with E-state index in [-0.39, 0.29) is 34.6 Å². The van der Waals surface area contributed by atoms with E-state index >= 15 is 0 Å². The van der Waals surface area contributed by atoms with Crippen molar-refractivity contribution in [1.29, 1.82) is 0 Å². The molecular weight excluding hydrogens is 501 g/mol. The van der Waals surface area contributed by atoms with Crippen molar-refractivity contribution in [2.45, 2.75) is 26.2 Å². The number of nitrogens with zero attached hydrogens (tertiary/aromatic N) is 3. The third-order valence-corrected chi connectivity index (χ3v) is 7.68. The van der Waals surface area contributed by atoms with Crippen molar-refractivity contribution in [3.05, 3.63) is 47.3 Å². The molecule has 1 fully saturated rings. The Kier molecular flexibility index (Phi) is 7.67. The first-order chi connectivity index (χ1) is 17.6. The third-order valence-electron chi connectivity index (χ3n) is 6.35. The number of unbranched alkanes of at least 4 members (excludes halogenated alkanes) is 1. The minimum atomic E-state index is -3.73. The lowest BCUT2D eigenvalue weighted by molar-refractivity contribution is 0.0964. The minimum absolute atomic E-state index is 0.0411. The number of hydrogen-bond donors (Lipinski definition) is 2. The molecule has 3 heterocycles. The van der Waals surface area contributed by atoms with Crippen LogP contribution in [0.5, 0.6) is 0 Å². The van der Waals surface area contributed by atoms with Gasteiger partial charge in [0.1, 0.15) is 17.4 Å². The van der Waals surface area contributed by atoms with Crippen molar-refractivity contribution in [3.63, 3.8) is 0 Å². The molecule has 0 saturated carbocycles. The van der Waals surface area contributed by atoms with Crippen LogP contribution in [0.15, 0.2) is 34.7 Å². The fourth-order valence-electron chi connectivity index (χ4n) is 4.28. The van der Waals surface area contributed by atoms with Gasteiger partial charge in [-0.05, 0) is 55.2 Å². The van der Waals surface area contributed by atoms with Gasteiger partial charge in [0, 0.05) is 39.3 Å². The summed E-state index contributed by atoms with van der Waals surface area (Å²) < 4.78 is 47.6. The van der Waals surface area contributed by atoms with Crippen LogP contribution in [0.25, 0.3) is 22.4 Å². The summed E-state index contributed by atoms with van der Waals surface area (Å²) in [7, 11) is -0.495. The zero-order valence-corrected chi connectivity index (χ0v) is 21.8. The fraction of sp³-hybridized carbons (Fsp3) is 0.400. The van der Waals surface area contributed by atoms with E-state index in [4.69, 9.17) is 4.42 Å². The molecule has 1 aliphatic heterocycles. The molecule has 4 rings (SSSR count). The van der Waals surface area contributed by atoms with Crippen LogP contribution in [0, 0.1) is 5.82 Å². The summed E-state index contributed by atoms with van der Waals surface area (Å²) in [4.78, 5) is 32.5. The first-order valence-electron chi connectivity index (χ1n) is 12.1. The second-order valence-corrected chi connectivity index (χ2v) is 10.8. The standard InChI is InChI=1S/C25H30FN5O5S/c1-4-16-15-19-20(23(32)27-2)21(17-7-9-18(26)10-8-17)36-24(19)28-22(16)29-37(34,35)14-6-5-11-31-13-12-30(3)25(31)33/h7-10,15H,4-6,11-14H2,1-3H3,(H,27,32)(H,28,29). The van der Waals surface area contributed by atoms with Gasteiger partial charge in [-0.15, -0.1) is 0 Å². The zero-order valence-electron chi connectivity index (χ0n) is 21.0. The van der Waals surface area contributed by atoms with Crippen molar-refractivity contribution in [2.24, 2.45) is 0 Å². The van der Waals surface area contributed by atoms with Crippen molar-refractivity contribution in [1.82, 2.24) is 20.1 Å². The maximum atomic E-state index is 13.5. The SMILES string of the molecule is CCc1cc2c(C(=O)NC)c(-c3ccc(F)cc3)oc2nc1NS(=O)(=O)CCCCN1CCN(C)C1=O. The van der Waals surface area contributed by atoms with Gasteiger partial charge in [-0.2, -0.15) is 4.98 Å². The molecule has 2 N–H and O–H groups in total. The number of aromatic nitrogens is 1. The van der Waals surface area contributed by atoms with Gasteiger partial charge >= 0.3 is 6.03 Å². The predicted octanol–water partition coefficient (Wildman–Crippen LogP) is 3.45. The highest BCUT2D eigenvalue weighted by Gasteiger charge is 2.26. The average Bonchev–Trinajstić information content (AvgIpc) is 3.40. The van der Waals surface area contributed by atoms with Gasteiger partial charge in [0.05, 0.1) is 16.7 Å². The van der Waals surface area contributed by atoms with E-state index < -0.39 is 21.7 Å². The van der Waals surface area contributed by atoms with Gasteiger partial charge in [-0.25, -0.2) is 17.6 Å². The van der Waals surface area contributed by atoms with E-state index in [1.54, 1.807) is 22.9 Å². The van der Waals surface area contributed by atoms with Gasteiger partial charge < -0.3 is 19.5 Å². The molecule has 1 aliphatic rings. The Balaban J connectivity index is 1.56. The summed E-state index contributed by atoms with van der Waals surface area (Å²) in [6, 6.07) is 7.17. The molecule has 37 heavy (non-hydrogen) atoms. The fourth-order valence-corrected chi connectivity index (χ4v) is 5.44. The van der Waals surface area contributed by atoms with E-state index in [1.807, 2.05) is 6.92 Å². The molecule has 198 valence electrons. The number of furan rings is 1. The Morgan fingerprint density at radius 3 is 2.54 bits per heavy atom. The minimum Gasteiger partial charge on any atom is -0.437 e. The van der Waals surface area contributed by atoms with Crippen LogP contribution in [0.2, 0.25) is 0 Å². The number of sulfonamides is 1. The van der Waals surface area contributed by atoms with Crippen LogP contribution < -0.4 is 10.0 Å². The quantitative estimate of drug-likeness (QED) is 0.386. The molecule has 0 unspecified atom stereocenters. The molecule has 10 nitrogen and oxygen atoms in total. The van der Waals surface area contributed by atoms with Crippen molar-refractivity contribution in [3.8, 4) is 11.3 Å². The smallest absolute Gasteiger partial charge is 0.319 e. The number of hydrogen-bond acceptors (Lipinski definition) is 6. The maximum Gasteiger partial charge on any atom is 0.319 e. The Morgan fingerprint density at radius 2 is 1.92 bits per heavy atom. The van der Waals surface area contributed by atoms with Crippen molar-refractivity contribution < 1.29 is 26.8 Å². The molecule has 0 atom stereocenters. The summed E-state index contributed by atoms with van der Waals surface area (Å²) >= 11 is 0. The number of carbonyl (C=O) groups excluding carboxylic acids is 2. The lowest BCUT2D eigenvalue weighted by Crippen LogP contribution is -2.30. The number of carbonyl (C=O) groups is 2. The van der Waals surface area contributed by atoms with E-state index in [0.717, 1.165) is 0 Å². The topological polar surface area (TPSA) is 125 Å². The average molecular weight is 532 g/mol. The lowest BCUT2D eigenvalue weighted by atomic mass is 10.0. The molecule has 0 spiro atoms. The number of amides is 3. The molecule has 2 aromatic heterocycles. The molecule has 1 aromatic carbocycles. The molecule has 0 aliphatic carbocycles. The van der Waals surface area contributed by atoms with Crippen LogP contribution in [0.1, 0.15) is 35.7 Å². The first-order valence-corrected chi connectivity index (χ1v) is 13.7.